The van der Waals surface area contributed by atoms with Crippen LogP contribution in [0.5, 0.6) is 0 Å². The van der Waals surface area contributed by atoms with Gasteiger partial charge in [-0.1, -0.05) is 176 Å². The van der Waals surface area contributed by atoms with Gasteiger partial charge in [-0.2, -0.15) is 0 Å². The van der Waals surface area contributed by atoms with Crippen LogP contribution in [0.2, 0.25) is 0 Å². The Morgan fingerprint density at radius 3 is 1.16 bits per heavy atom. The van der Waals surface area contributed by atoms with Crippen LogP contribution in [0.25, 0.3) is 83.1 Å². The highest BCUT2D eigenvalue weighted by Crippen LogP contribution is 2.59. The van der Waals surface area contributed by atoms with Crippen molar-refractivity contribution in [1.29, 1.82) is 0 Å². The quantitative estimate of drug-likeness (QED) is 0.172. The number of hydrogen-bond acceptors (Lipinski definition) is 0. The summed E-state index contributed by atoms with van der Waals surface area (Å²) in [4.78, 5) is 0. The first-order chi connectivity index (χ1) is 27.8. The molecule has 0 atom stereocenters. The second kappa shape index (κ2) is 11.9. The molecule has 0 N–H and O–H groups in total. The fraction of sp³-hybridized carbons (Fsp3) is 0.0182. The first kappa shape index (κ1) is 31.2. The van der Waals surface area contributed by atoms with E-state index in [0.29, 0.717) is 0 Å². The van der Waals surface area contributed by atoms with Crippen molar-refractivity contribution in [3.05, 3.63) is 235 Å². The summed E-state index contributed by atoms with van der Waals surface area (Å²) < 4.78 is 2.45. The van der Waals surface area contributed by atoms with Gasteiger partial charge in [-0.25, -0.2) is 0 Å². The molecule has 10 aromatic rings. The lowest BCUT2D eigenvalue weighted by Gasteiger charge is -2.34. The molecular weight excluding hydrogens is 675 g/mol. The predicted octanol–water partition coefficient (Wildman–Crippen LogP) is 14.1. The zero-order chi connectivity index (χ0) is 36.8. The largest absolute Gasteiger partial charge is 0.309 e. The summed E-state index contributed by atoms with van der Waals surface area (Å²) in [6.07, 6.45) is 0. The zero-order valence-corrected chi connectivity index (χ0v) is 30.7. The van der Waals surface area contributed by atoms with Crippen molar-refractivity contribution in [3.8, 4) is 61.3 Å². The van der Waals surface area contributed by atoms with Gasteiger partial charge < -0.3 is 4.57 Å². The molecule has 9 aromatic carbocycles. The molecule has 12 rings (SSSR count). The smallest absolute Gasteiger partial charge is 0.0713 e. The highest BCUT2D eigenvalue weighted by Gasteiger charge is 2.47. The summed E-state index contributed by atoms with van der Waals surface area (Å²) in [5.41, 5.74) is 20.8. The van der Waals surface area contributed by atoms with Gasteiger partial charge in [-0.15, -0.1) is 0 Å². The molecule has 1 aromatic heterocycles. The molecule has 0 radical (unpaired) electrons. The topological polar surface area (TPSA) is 4.93 Å². The molecule has 0 saturated heterocycles. The Labute approximate surface area is 326 Å². The monoisotopic (exact) mass is 709 g/mol. The standard InChI is InChI=1S/C55H35N/c1-3-17-36(18-4-1)55(37-19-5-2-6-20-37)51-32-31-38(56-53-29-15-13-27-45(53)46-28-14-16-30-54(46)56)33-49(51)50-34-47-43-25-11-9-23-41(43)39-21-7-8-22-40(39)42-24-10-12-26-44(42)48(47)35-52(50)55/h1-35H. The summed E-state index contributed by atoms with van der Waals surface area (Å²) >= 11 is 0. The van der Waals surface area contributed by atoms with Gasteiger partial charge in [0.05, 0.1) is 16.4 Å². The van der Waals surface area contributed by atoms with E-state index < -0.39 is 5.41 Å². The normalized spacial score (nSPS) is 13.1. The van der Waals surface area contributed by atoms with Crippen LogP contribution in [-0.2, 0) is 5.41 Å². The van der Waals surface area contributed by atoms with Gasteiger partial charge in [-0.3, -0.25) is 0 Å². The van der Waals surface area contributed by atoms with E-state index in [4.69, 9.17) is 0 Å². The van der Waals surface area contributed by atoms with Crippen molar-refractivity contribution in [3.63, 3.8) is 0 Å². The van der Waals surface area contributed by atoms with Crippen molar-refractivity contribution < 1.29 is 0 Å². The molecule has 0 bridgehead atoms. The minimum absolute atomic E-state index is 0.545. The van der Waals surface area contributed by atoms with E-state index in [2.05, 4.69) is 217 Å². The fourth-order valence-electron chi connectivity index (χ4n) is 10.2. The Bertz CT molecular complexity index is 3090. The molecule has 0 unspecified atom stereocenters. The molecule has 1 heterocycles. The van der Waals surface area contributed by atoms with Crippen LogP contribution in [0.1, 0.15) is 22.3 Å². The van der Waals surface area contributed by atoms with Crippen molar-refractivity contribution in [2.45, 2.75) is 5.41 Å². The third kappa shape index (κ3) is 4.20. The number of aromatic nitrogens is 1. The van der Waals surface area contributed by atoms with E-state index >= 15 is 0 Å². The Balaban J connectivity index is 1.24. The van der Waals surface area contributed by atoms with Crippen molar-refractivity contribution in [1.82, 2.24) is 4.57 Å². The number of fused-ring (bicyclic) bond motifs is 14. The van der Waals surface area contributed by atoms with Gasteiger partial charge in [0, 0.05) is 16.5 Å². The average Bonchev–Trinajstić information content (AvgIpc) is 3.76. The predicted molar refractivity (Wildman–Crippen MR) is 233 cm³/mol. The maximum absolute atomic E-state index is 2.55. The SMILES string of the molecule is c1ccc(C2(c3ccccc3)c3ccc(-n4c5ccccc5c5ccccc54)cc3-c3cc4c(cc32)-c2ccccc2-c2ccccc2-c2ccccc2-4)cc1. The Kier molecular flexibility index (Phi) is 6.62. The first-order valence-corrected chi connectivity index (χ1v) is 19.5. The van der Waals surface area contributed by atoms with Gasteiger partial charge in [0.25, 0.3) is 0 Å². The molecule has 0 fully saturated rings. The number of benzene rings is 9. The van der Waals surface area contributed by atoms with Crippen LogP contribution in [0, 0.1) is 0 Å². The third-order valence-electron chi connectivity index (χ3n) is 12.5. The van der Waals surface area contributed by atoms with E-state index in [1.54, 1.807) is 0 Å². The average molecular weight is 710 g/mol. The van der Waals surface area contributed by atoms with Crippen LogP contribution in [0.15, 0.2) is 212 Å². The fourth-order valence-corrected chi connectivity index (χ4v) is 10.2. The van der Waals surface area contributed by atoms with Crippen LogP contribution >= 0.6 is 0 Å². The molecule has 0 amide bonds. The Morgan fingerprint density at radius 2 is 0.661 bits per heavy atom. The lowest BCUT2D eigenvalue weighted by atomic mass is 9.67. The number of nitrogens with zero attached hydrogens (tertiary/aromatic N) is 1. The van der Waals surface area contributed by atoms with Crippen LogP contribution in [0.4, 0.5) is 0 Å². The molecule has 260 valence electrons. The molecule has 0 saturated carbocycles. The molecule has 1 nitrogen and oxygen atoms in total. The molecular formula is C55H35N. The lowest BCUT2D eigenvalue weighted by Crippen LogP contribution is -2.28. The van der Waals surface area contributed by atoms with E-state index in [1.165, 1.54) is 99.7 Å². The second-order valence-corrected chi connectivity index (χ2v) is 15.2. The number of rotatable bonds is 3. The van der Waals surface area contributed by atoms with Crippen LogP contribution in [-0.4, -0.2) is 4.57 Å². The van der Waals surface area contributed by atoms with Gasteiger partial charge in [0.2, 0.25) is 0 Å². The second-order valence-electron chi connectivity index (χ2n) is 15.2. The van der Waals surface area contributed by atoms with Gasteiger partial charge in [0.15, 0.2) is 0 Å². The number of hydrogen-bond donors (Lipinski definition) is 0. The maximum atomic E-state index is 2.55. The van der Waals surface area contributed by atoms with Gasteiger partial charge >= 0.3 is 0 Å². The van der Waals surface area contributed by atoms with E-state index in [1.807, 2.05) is 0 Å². The minimum Gasteiger partial charge on any atom is -0.309 e. The van der Waals surface area contributed by atoms with Crippen LogP contribution < -0.4 is 0 Å². The highest BCUT2D eigenvalue weighted by molar-refractivity contribution is 6.10. The van der Waals surface area contributed by atoms with Crippen LogP contribution in [0.3, 0.4) is 0 Å². The Hall–Kier alpha value is -7.22. The summed E-state index contributed by atoms with van der Waals surface area (Å²) in [7, 11) is 0. The Morgan fingerprint density at radius 1 is 0.268 bits per heavy atom. The van der Waals surface area contributed by atoms with E-state index in [-0.39, 0.29) is 0 Å². The highest BCUT2D eigenvalue weighted by atomic mass is 15.0. The zero-order valence-electron chi connectivity index (χ0n) is 30.7. The first-order valence-electron chi connectivity index (χ1n) is 19.5. The number of para-hydroxylation sites is 2. The summed E-state index contributed by atoms with van der Waals surface area (Å²) in [5.74, 6) is 0. The van der Waals surface area contributed by atoms with Crippen molar-refractivity contribution in [2.24, 2.45) is 0 Å². The van der Waals surface area contributed by atoms with Gasteiger partial charge in [0.1, 0.15) is 0 Å². The molecule has 56 heavy (non-hydrogen) atoms. The lowest BCUT2D eigenvalue weighted by molar-refractivity contribution is 0.768. The third-order valence-corrected chi connectivity index (χ3v) is 12.5. The van der Waals surface area contributed by atoms with Gasteiger partial charge in [-0.05, 0) is 114 Å². The molecule has 2 aliphatic carbocycles. The van der Waals surface area contributed by atoms with Crippen molar-refractivity contribution in [2.75, 3.05) is 0 Å². The van der Waals surface area contributed by atoms with E-state index in [0.717, 1.165) is 5.69 Å². The van der Waals surface area contributed by atoms with E-state index in [9.17, 15) is 0 Å². The summed E-state index contributed by atoms with van der Waals surface area (Å²) in [6, 6.07) is 79.1. The molecule has 1 heteroatoms. The summed E-state index contributed by atoms with van der Waals surface area (Å²) in [6.45, 7) is 0. The molecule has 0 aliphatic heterocycles. The summed E-state index contributed by atoms with van der Waals surface area (Å²) in [5, 5.41) is 2.53. The molecule has 2 aliphatic rings. The minimum atomic E-state index is -0.545. The molecule has 0 spiro atoms. The maximum Gasteiger partial charge on any atom is 0.0713 e. The van der Waals surface area contributed by atoms with Crippen molar-refractivity contribution >= 4 is 21.8 Å².